The lowest BCUT2D eigenvalue weighted by molar-refractivity contribution is -0.126. The van der Waals surface area contributed by atoms with E-state index in [1.54, 1.807) is 0 Å². The zero-order valence-corrected chi connectivity index (χ0v) is 11.0. The number of nitrogens with one attached hydrogen (secondary N) is 2. The number of amides is 1. The molecule has 0 aromatic carbocycles. The average Bonchev–Trinajstić information content (AvgIpc) is 2.86. The van der Waals surface area contributed by atoms with Gasteiger partial charge in [-0.05, 0) is 75.2 Å². The standard InChI is InChI=1S/C15H24N2O/c18-15(13-2-1-3-16-13)17-14-11-5-9-4-10(7-11)8-12(14)6-9/h9-14,16H,1-8H2,(H,17,18)/t9?,10?,11?,12?,13-,14?/m0/s1. The van der Waals surface area contributed by atoms with Crippen molar-refractivity contribution in [2.45, 2.75) is 57.0 Å². The van der Waals surface area contributed by atoms with Gasteiger partial charge in [0.15, 0.2) is 0 Å². The molecule has 3 heteroatoms. The first-order valence-corrected chi connectivity index (χ1v) is 7.83. The first-order chi connectivity index (χ1) is 8.79. The van der Waals surface area contributed by atoms with Gasteiger partial charge in [0, 0.05) is 6.04 Å². The zero-order chi connectivity index (χ0) is 12.1. The van der Waals surface area contributed by atoms with Gasteiger partial charge in [-0.25, -0.2) is 0 Å². The van der Waals surface area contributed by atoms with E-state index >= 15 is 0 Å². The summed E-state index contributed by atoms with van der Waals surface area (Å²) in [6.45, 7) is 1.01. The molecule has 0 aromatic heterocycles. The van der Waals surface area contributed by atoms with Crippen LogP contribution in [0, 0.1) is 23.7 Å². The maximum Gasteiger partial charge on any atom is 0.237 e. The first-order valence-electron chi connectivity index (χ1n) is 7.83. The summed E-state index contributed by atoms with van der Waals surface area (Å²) >= 11 is 0. The Morgan fingerprint density at radius 1 is 1.00 bits per heavy atom. The van der Waals surface area contributed by atoms with Gasteiger partial charge < -0.3 is 10.6 Å². The Morgan fingerprint density at radius 3 is 2.22 bits per heavy atom. The highest BCUT2D eigenvalue weighted by Gasteiger charge is 2.48. The van der Waals surface area contributed by atoms with Crippen LogP contribution in [0.4, 0.5) is 0 Å². The van der Waals surface area contributed by atoms with Crippen LogP contribution in [0.25, 0.3) is 0 Å². The van der Waals surface area contributed by atoms with Gasteiger partial charge in [0.05, 0.1) is 6.04 Å². The second-order valence-electron chi connectivity index (χ2n) is 7.11. The maximum absolute atomic E-state index is 12.3. The highest BCUT2D eigenvalue weighted by atomic mass is 16.2. The van der Waals surface area contributed by atoms with Crippen molar-refractivity contribution in [2.24, 2.45) is 23.7 Å². The molecule has 2 N–H and O–H groups in total. The van der Waals surface area contributed by atoms with Crippen LogP contribution in [-0.2, 0) is 4.79 Å². The highest BCUT2D eigenvalue weighted by molar-refractivity contribution is 5.82. The number of hydrogen-bond donors (Lipinski definition) is 2. The van der Waals surface area contributed by atoms with Gasteiger partial charge in [0.25, 0.3) is 0 Å². The summed E-state index contributed by atoms with van der Waals surface area (Å²) < 4.78 is 0. The molecule has 3 nitrogen and oxygen atoms in total. The van der Waals surface area contributed by atoms with Crippen molar-refractivity contribution in [2.75, 3.05) is 6.54 Å². The summed E-state index contributed by atoms with van der Waals surface area (Å²) in [5, 5.41) is 6.72. The average molecular weight is 248 g/mol. The van der Waals surface area contributed by atoms with Crippen molar-refractivity contribution < 1.29 is 4.79 Å². The van der Waals surface area contributed by atoms with Crippen molar-refractivity contribution in [3.05, 3.63) is 0 Å². The van der Waals surface area contributed by atoms with E-state index in [4.69, 9.17) is 0 Å². The molecule has 0 aromatic rings. The molecule has 1 aliphatic heterocycles. The molecule has 4 saturated carbocycles. The van der Waals surface area contributed by atoms with Crippen molar-refractivity contribution >= 4 is 5.91 Å². The van der Waals surface area contributed by atoms with E-state index in [9.17, 15) is 4.79 Å². The molecule has 5 aliphatic rings. The summed E-state index contributed by atoms with van der Waals surface area (Å²) in [7, 11) is 0. The quantitative estimate of drug-likeness (QED) is 0.780. The lowest BCUT2D eigenvalue weighted by Gasteiger charge is -2.54. The van der Waals surface area contributed by atoms with E-state index in [-0.39, 0.29) is 11.9 Å². The highest BCUT2D eigenvalue weighted by Crippen LogP contribution is 2.53. The monoisotopic (exact) mass is 248 g/mol. The number of hydrogen-bond acceptors (Lipinski definition) is 2. The van der Waals surface area contributed by atoms with E-state index in [1.807, 2.05) is 0 Å². The van der Waals surface area contributed by atoms with Crippen LogP contribution >= 0.6 is 0 Å². The fraction of sp³-hybridized carbons (Fsp3) is 0.933. The molecule has 0 unspecified atom stereocenters. The largest absolute Gasteiger partial charge is 0.351 e. The molecule has 0 radical (unpaired) electrons. The molecule has 4 aliphatic carbocycles. The Bertz CT molecular complexity index is 320. The minimum Gasteiger partial charge on any atom is -0.351 e. The summed E-state index contributed by atoms with van der Waals surface area (Å²) in [4.78, 5) is 12.3. The maximum atomic E-state index is 12.3. The molecular weight excluding hydrogens is 224 g/mol. The Balaban J connectivity index is 1.44. The van der Waals surface area contributed by atoms with Gasteiger partial charge in [-0.1, -0.05) is 0 Å². The van der Waals surface area contributed by atoms with Gasteiger partial charge in [0.1, 0.15) is 0 Å². The molecular formula is C15H24N2O. The van der Waals surface area contributed by atoms with Gasteiger partial charge in [-0.2, -0.15) is 0 Å². The number of carbonyl (C=O) groups excluding carboxylic acids is 1. The van der Waals surface area contributed by atoms with E-state index in [2.05, 4.69) is 10.6 Å². The van der Waals surface area contributed by atoms with Crippen molar-refractivity contribution in [1.82, 2.24) is 10.6 Å². The van der Waals surface area contributed by atoms with Crippen LogP contribution < -0.4 is 10.6 Å². The van der Waals surface area contributed by atoms with Crippen molar-refractivity contribution in [3.8, 4) is 0 Å². The van der Waals surface area contributed by atoms with Crippen molar-refractivity contribution in [1.29, 1.82) is 0 Å². The number of carbonyl (C=O) groups is 1. The van der Waals surface area contributed by atoms with Crippen LogP contribution in [-0.4, -0.2) is 24.5 Å². The lowest BCUT2D eigenvalue weighted by atomic mass is 9.54. The molecule has 1 saturated heterocycles. The van der Waals surface area contributed by atoms with E-state index < -0.39 is 0 Å². The summed E-state index contributed by atoms with van der Waals surface area (Å²) in [5.74, 6) is 3.86. The third kappa shape index (κ3) is 1.78. The summed E-state index contributed by atoms with van der Waals surface area (Å²) in [6.07, 6.45) is 9.20. The molecule has 100 valence electrons. The molecule has 4 bridgehead atoms. The SMILES string of the molecule is O=C(NC1C2CC3CC(C2)CC1C3)[C@@H]1CCCN1. The minimum atomic E-state index is 0.0992. The molecule has 1 atom stereocenters. The lowest BCUT2D eigenvalue weighted by Crippen LogP contribution is -2.58. The van der Waals surface area contributed by atoms with Crippen LogP contribution in [0.1, 0.15) is 44.9 Å². The van der Waals surface area contributed by atoms with Gasteiger partial charge >= 0.3 is 0 Å². The minimum absolute atomic E-state index is 0.0992. The van der Waals surface area contributed by atoms with Gasteiger partial charge in [0.2, 0.25) is 5.91 Å². The molecule has 5 fully saturated rings. The van der Waals surface area contributed by atoms with Gasteiger partial charge in [-0.3, -0.25) is 4.79 Å². The molecule has 18 heavy (non-hydrogen) atoms. The van der Waals surface area contributed by atoms with E-state index in [0.717, 1.165) is 43.1 Å². The fourth-order valence-electron chi connectivity index (χ4n) is 5.33. The Labute approximate surface area is 109 Å². The Morgan fingerprint density at radius 2 is 1.67 bits per heavy atom. The van der Waals surface area contributed by atoms with Crippen molar-refractivity contribution in [3.63, 3.8) is 0 Å². The second-order valence-corrected chi connectivity index (χ2v) is 7.11. The third-order valence-electron chi connectivity index (χ3n) is 5.91. The molecule has 5 rings (SSSR count). The van der Waals surface area contributed by atoms with E-state index in [1.165, 1.54) is 32.1 Å². The van der Waals surface area contributed by atoms with E-state index in [0.29, 0.717) is 6.04 Å². The summed E-state index contributed by atoms with van der Waals surface area (Å²) in [5.41, 5.74) is 0. The second kappa shape index (κ2) is 4.22. The van der Waals surface area contributed by atoms with Crippen LogP contribution in [0.3, 0.4) is 0 Å². The zero-order valence-electron chi connectivity index (χ0n) is 11.0. The van der Waals surface area contributed by atoms with Gasteiger partial charge in [-0.15, -0.1) is 0 Å². The van der Waals surface area contributed by atoms with Crippen LogP contribution in [0.2, 0.25) is 0 Å². The van der Waals surface area contributed by atoms with Crippen LogP contribution in [0.5, 0.6) is 0 Å². The molecule has 1 heterocycles. The smallest absolute Gasteiger partial charge is 0.237 e. The predicted octanol–water partition coefficient (Wildman–Crippen LogP) is 1.68. The summed E-state index contributed by atoms with van der Waals surface area (Å²) in [6, 6.07) is 0.606. The third-order valence-corrected chi connectivity index (χ3v) is 5.91. The number of rotatable bonds is 2. The topological polar surface area (TPSA) is 41.1 Å². The Hall–Kier alpha value is -0.570. The normalized spacial score (nSPS) is 49.6. The molecule has 0 spiro atoms. The first kappa shape index (κ1) is 11.3. The molecule has 1 amide bonds. The fourth-order valence-corrected chi connectivity index (χ4v) is 5.33. The Kier molecular flexibility index (Phi) is 2.65. The predicted molar refractivity (Wildman–Crippen MR) is 70.0 cm³/mol. The van der Waals surface area contributed by atoms with Crippen LogP contribution in [0.15, 0.2) is 0 Å².